The topological polar surface area (TPSA) is 41.9 Å². The molecule has 0 bridgehead atoms. The Morgan fingerprint density at radius 3 is 2.40 bits per heavy atom. The van der Waals surface area contributed by atoms with Crippen LogP contribution in [0.1, 0.15) is 30.9 Å². The van der Waals surface area contributed by atoms with Crippen LogP contribution in [0.5, 0.6) is 11.5 Å². The Bertz CT molecular complexity index is 447. The van der Waals surface area contributed by atoms with Gasteiger partial charge in [0.05, 0.1) is 20.3 Å². The second-order valence-corrected chi connectivity index (χ2v) is 5.08. The maximum atomic E-state index is 14.0. The highest BCUT2D eigenvalue weighted by molar-refractivity contribution is 5.44. The SMILES string of the molecule is COc1cc(F)c(C(O)CCN2CCCC2)cc1OC. The molecule has 5 heteroatoms. The van der Waals surface area contributed by atoms with Gasteiger partial charge in [-0.05, 0) is 38.4 Å². The van der Waals surface area contributed by atoms with Gasteiger partial charge in [-0.1, -0.05) is 0 Å². The molecule has 1 aromatic carbocycles. The molecule has 1 aromatic rings. The van der Waals surface area contributed by atoms with Crippen LogP contribution in [0.25, 0.3) is 0 Å². The maximum Gasteiger partial charge on any atom is 0.163 e. The molecule has 1 atom stereocenters. The average molecular weight is 283 g/mol. The normalized spacial score (nSPS) is 17.2. The van der Waals surface area contributed by atoms with E-state index in [1.165, 1.54) is 39.2 Å². The van der Waals surface area contributed by atoms with E-state index in [2.05, 4.69) is 4.90 Å². The predicted octanol–water partition coefficient (Wildman–Crippen LogP) is 2.36. The number of aliphatic hydroxyl groups excluding tert-OH is 1. The van der Waals surface area contributed by atoms with Crippen molar-refractivity contribution in [3.05, 3.63) is 23.5 Å². The van der Waals surface area contributed by atoms with E-state index in [-0.39, 0.29) is 5.56 Å². The molecule has 1 unspecified atom stereocenters. The van der Waals surface area contributed by atoms with Gasteiger partial charge in [-0.15, -0.1) is 0 Å². The number of nitrogens with zero attached hydrogens (tertiary/aromatic N) is 1. The number of halogens is 1. The van der Waals surface area contributed by atoms with Crippen LogP contribution in [0.15, 0.2) is 12.1 Å². The lowest BCUT2D eigenvalue weighted by atomic mass is 10.0. The van der Waals surface area contributed by atoms with Crippen LogP contribution in [0, 0.1) is 5.82 Å². The Labute approximate surface area is 119 Å². The van der Waals surface area contributed by atoms with Crippen molar-refractivity contribution in [1.82, 2.24) is 4.90 Å². The summed E-state index contributed by atoms with van der Waals surface area (Å²) in [7, 11) is 2.96. The second-order valence-electron chi connectivity index (χ2n) is 5.08. The first-order valence-corrected chi connectivity index (χ1v) is 6.97. The lowest BCUT2D eigenvalue weighted by Crippen LogP contribution is -2.22. The smallest absolute Gasteiger partial charge is 0.163 e. The van der Waals surface area contributed by atoms with Gasteiger partial charge < -0.3 is 19.5 Å². The monoisotopic (exact) mass is 283 g/mol. The number of hydrogen-bond donors (Lipinski definition) is 1. The van der Waals surface area contributed by atoms with Crippen LogP contribution >= 0.6 is 0 Å². The first kappa shape index (κ1) is 15.1. The fourth-order valence-electron chi connectivity index (χ4n) is 2.59. The molecule has 1 fully saturated rings. The van der Waals surface area contributed by atoms with E-state index >= 15 is 0 Å². The second kappa shape index (κ2) is 6.90. The molecule has 0 saturated carbocycles. The fourth-order valence-corrected chi connectivity index (χ4v) is 2.59. The number of likely N-dealkylation sites (tertiary alicyclic amines) is 1. The Kier molecular flexibility index (Phi) is 5.20. The molecule has 0 spiro atoms. The molecule has 1 aliphatic rings. The summed E-state index contributed by atoms with van der Waals surface area (Å²) < 4.78 is 24.2. The van der Waals surface area contributed by atoms with Crippen LogP contribution in [0.4, 0.5) is 4.39 Å². The molecule has 0 radical (unpaired) electrons. The average Bonchev–Trinajstić information content (AvgIpc) is 2.97. The fraction of sp³-hybridized carbons (Fsp3) is 0.600. The molecule has 0 amide bonds. The molecule has 4 nitrogen and oxygen atoms in total. The van der Waals surface area contributed by atoms with Crippen molar-refractivity contribution in [3.8, 4) is 11.5 Å². The summed E-state index contributed by atoms with van der Waals surface area (Å²) in [6, 6.07) is 2.77. The summed E-state index contributed by atoms with van der Waals surface area (Å²) >= 11 is 0. The molecule has 1 aliphatic heterocycles. The zero-order valence-electron chi connectivity index (χ0n) is 12.1. The highest BCUT2D eigenvalue weighted by Gasteiger charge is 2.19. The molecule has 2 rings (SSSR count). The third kappa shape index (κ3) is 3.41. The van der Waals surface area contributed by atoms with Crippen molar-refractivity contribution < 1.29 is 19.0 Å². The van der Waals surface area contributed by atoms with Crippen molar-refractivity contribution in [3.63, 3.8) is 0 Å². The van der Waals surface area contributed by atoms with Gasteiger partial charge >= 0.3 is 0 Å². The molecule has 1 N–H and O–H groups in total. The van der Waals surface area contributed by atoms with E-state index in [1.54, 1.807) is 0 Å². The number of aliphatic hydroxyl groups is 1. The first-order chi connectivity index (χ1) is 9.65. The minimum Gasteiger partial charge on any atom is -0.493 e. The molecule has 112 valence electrons. The third-order valence-corrected chi connectivity index (χ3v) is 3.78. The number of ether oxygens (including phenoxy) is 2. The zero-order valence-corrected chi connectivity index (χ0v) is 12.1. The number of hydrogen-bond acceptors (Lipinski definition) is 4. The highest BCUT2D eigenvalue weighted by atomic mass is 19.1. The van der Waals surface area contributed by atoms with Gasteiger partial charge in [0.25, 0.3) is 0 Å². The van der Waals surface area contributed by atoms with E-state index in [4.69, 9.17) is 9.47 Å². The highest BCUT2D eigenvalue weighted by Crippen LogP contribution is 2.33. The van der Waals surface area contributed by atoms with Crippen LogP contribution in [-0.4, -0.2) is 43.9 Å². The largest absolute Gasteiger partial charge is 0.493 e. The van der Waals surface area contributed by atoms with Crippen molar-refractivity contribution in [2.75, 3.05) is 33.9 Å². The lowest BCUT2D eigenvalue weighted by molar-refractivity contribution is 0.144. The standard InChI is InChI=1S/C15H22FNO3/c1-19-14-9-11(12(16)10-15(14)20-2)13(18)5-8-17-6-3-4-7-17/h9-10,13,18H,3-8H2,1-2H3. The van der Waals surface area contributed by atoms with Crippen LogP contribution in [0.3, 0.4) is 0 Å². The van der Waals surface area contributed by atoms with Crippen molar-refractivity contribution >= 4 is 0 Å². The number of benzene rings is 1. The Hall–Kier alpha value is -1.33. The van der Waals surface area contributed by atoms with Gasteiger partial charge in [0.1, 0.15) is 5.82 Å². The molecule has 20 heavy (non-hydrogen) atoms. The van der Waals surface area contributed by atoms with Gasteiger partial charge in [0.2, 0.25) is 0 Å². The van der Waals surface area contributed by atoms with Gasteiger partial charge in [-0.25, -0.2) is 4.39 Å². The van der Waals surface area contributed by atoms with E-state index in [9.17, 15) is 9.50 Å². The van der Waals surface area contributed by atoms with E-state index in [0.717, 1.165) is 19.6 Å². The van der Waals surface area contributed by atoms with Crippen molar-refractivity contribution in [2.45, 2.75) is 25.4 Å². The van der Waals surface area contributed by atoms with Crippen molar-refractivity contribution in [1.29, 1.82) is 0 Å². The van der Waals surface area contributed by atoms with Gasteiger partial charge in [-0.2, -0.15) is 0 Å². The summed E-state index contributed by atoms with van der Waals surface area (Å²) in [6.07, 6.45) is 2.11. The molecule has 0 aromatic heterocycles. The number of rotatable bonds is 6. The third-order valence-electron chi connectivity index (χ3n) is 3.78. The molecule has 1 heterocycles. The predicted molar refractivity (Wildman–Crippen MR) is 74.8 cm³/mol. The molecule has 1 saturated heterocycles. The van der Waals surface area contributed by atoms with Crippen molar-refractivity contribution in [2.24, 2.45) is 0 Å². The quantitative estimate of drug-likeness (QED) is 0.870. The van der Waals surface area contributed by atoms with Crippen LogP contribution in [0.2, 0.25) is 0 Å². The maximum absolute atomic E-state index is 14.0. The van der Waals surface area contributed by atoms with Crippen LogP contribution in [-0.2, 0) is 0 Å². The zero-order chi connectivity index (χ0) is 14.5. The van der Waals surface area contributed by atoms with E-state index < -0.39 is 11.9 Å². The minimum atomic E-state index is -0.824. The molecular formula is C15H22FNO3. The van der Waals surface area contributed by atoms with E-state index in [0.29, 0.717) is 17.9 Å². The van der Waals surface area contributed by atoms with Crippen LogP contribution < -0.4 is 9.47 Å². The lowest BCUT2D eigenvalue weighted by Gasteiger charge is -2.19. The Morgan fingerprint density at radius 2 is 1.80 bits per heavy atom. The van der Waals surface area contributed by atoms with Gasteiger partial charge in [0.15, 0.2) is 11.5 Å². The number of methoxy groups -OCH3 is 2. The Morgan fingerprint density at radius 1 is 1.20 bits per heavy atom. The van der Waals surface area contributed by atoms with Gasteiger partial charge in [-0.3, -0.25) is 0 Å². The summed E-state index contributed by atoms with van der Waals surface area (Å²) in [5.41, 5.74) is 0.266. The summed E-state index contributed by atoms with van der Waals surface area (Å²) in [6.45, 7) is 2.93. The van der Waals surface area contributed by atoms with E-state index in [1.807, 2.05) is 0 Å². The summed E-state index contributed by atoms with van der Waals surface area (Å²) in [5, 5.41) is 10.2. The Balaban J connectivity index is 2.06. The summed E-state index contributed by atoms with van der Waals surface area (Å²) in [5.74, 6) is 0.307. The summed E-state index contributed by atoms with van der Waals surface area (Å²) in [4.78, 5) is 2.29. The molecular weight excluding hydrogens is 261 g/mol. The van der Waals surface area contributed by atoms with Gasteiger partial charge in [0, 0.05) is 18.2 Å². The minimum absolute atomic E-state index is 0.266. The molecule has 0 aliphatic carbocycles. The first-order valence-electron chi connectivity index (χ1n) is 6.97.